The summed E-state index contributed by atoms with van der Waals surface area (Å²) in [5.41, 5.74) is 6.39. The maximum Gasteiger partial charge on any atom is 0.234 e. The molecular formula is C14H19N3O2S. The molecule has 0 aliphatic heterocycles. The summed E-state index contributed by atoms with van der Waals surface area (Å²) in [4.78, 5) is 23.5. The van der Waals surface area contributed by atoms with Gasteiger partial charge in [-0.2, -0.15) is 0 Å². The Labute approximate surface area is 123 Å². The highest BCUT2D eigenvalue weighted by Gasteiger charge is 2.22. The summed E-state index contributed by atoms with van der Waals surface area (Å²) in [6.07, 6.45) is 0.235. The van der Waals surface area contributed by atoms with Gasteiger partial charge in [0.05, 0.1) is 4.99 Å². The van der Waals surface area contributed by atoms with E-state index >= 15 is 0 Å². The third-order valence-corrected chi connectivity index (χ3v) is 2.94. The lowest BCUT2D eigenvalue weighted by atomic mass is 9.98. The van der Waals surface area contributed by atoms with Crippen molar-refractivity contribution < 1.29 is 9.59 Å². The quantitative estimate of drug-likeness (QED) is 0.646. The molecule has 0 aliphatic rings. The molecule has 0 saturated heterocycles. The van der Waals surface area contributed by atoms with E-state index in [0.29, 0.717) is 6.54 Å². The van der Waals surface area contributed by atoms with E-state index in [1.54, 1.807) is 12.1 Å². The summed E-state index contributed by atoms with van der Waals surface area (Å²) in [5.74, 6) is -1.05. The molecule has 0 spiro atoms. The van der Waals surface area contributed by atoms with Crippen LogP contribution < -0.4 is 16.4 Å². The summed E-state index contributed by atoms with van der Waals surface area (Å²) in [7, 11) is 0. The Bertz CT molecular complexity index is 477. The Morgan fingerprint density at radius 3 is 2.45 bits per heavy atom. The van der Waals surface area contributed by atoms with Crippen LogP contribution in [0, 0.1) is 0 Å². The SMILES string of the molecule is CCNC(=O)CCNC(=O)C(C(N)=S)c1ccccc1. The lowest BCUT2D eigenvalue weighted by molar-refractivity contribution is -0.122. The van der Waals surface area contributed by atoms with Gasteiger partial charge in [0.15, 0.2) is 0 Å². The Kier molecular flexibility index (Phi) is 6.66. The van der Waals surface area contributed by atoms with Crippen molar-refractivity contribution in [3.63, 3.8) is 0 Å². The van der Waals surface area contributed by atoms with E-state index in [2.05, 4.69) is 10.6 Å². The zero-order valence-electron chi connectivity index (χ0n) is 11.4. The second-order valence-electron chi connectivity index (χ2n) is 4.24. The van der Waals surface area contributed by atoms with Crippen LogP contribution in [0.1, 0.15) is 24.8 Å². The predicted molar refractivity (Wildman–Crippen MR) is 82.3 cm³/mol. The van der Waals surface area contributed by atoms with Crippen molar-refractivity contribution in [2.75, 3.05) is 13.1 Å². The smallest absolute Gasteiger partial charge is 0.234 e. The maximum atomic E-state index is 12.1. The van der Waals surface area contributed by atoms with Crippen molar-refractivity contribution in [1.29, 1.82) is 0 Å². The largest absolute Gasteiger partial charge is 0.392 e. The van der Waals surface area contributed by atoms with Crippen molar-refractivity contribution in [2.24, 2.45) is 5.73 Å². The molecule has 0 aromatic heterocycles. The molecule has 20 heavy (non-hydrogen) atoms. The van der Waals surface area contributed by atoms with Crippen LogP contribution in [0.2, 0.25) is 0 Å². The summed E-state index contributed by atoms with van der Waals surface area (Å²) in [6, 6.07) is 9.10. The van der Waals surface area contributed by atoms with E-state index in [0.717, 1.165) is 5.56 Å². The molecule has 0 fully saturated rings. The number of carbonyl (C=O) groups excluding carboxylic acids is 2. The number of thiocarbonyl (C=S) groups is 1. The highest BCUT2D eigenvalue weighted by molar-refractivity contribution is 7.80. The molecule has 5 nitrogen and oxygen atoms in total. The molecule has 4 N–H and O–H groups in total. The van der Waals surface area contributed by atoms with Gasteiger partial charge in [-0.05, 0) is 12.5 Å². The van der Waals surface area contributed by atoms with Crippen molar-refractivity contribution >= 4 is 29.0 Å². The molecule has 0 bridgehead atoms. The van der Waals surface area contributed by atoms with E-state index < -0.39 is 5.92 Å². The van der Waals surface area contributed by atoms with Crippen LogP contribution in [0.25, 0.3) is 0 Å². The lowest BCUT2D eigenvalue weighted by Gasteiger charge is -2.15. The minimum absolute atomic E-state index is 0.0978. The predicted octanol–water partition coefficient (Wildman–Crippen LogP) is 0.699. The van der Waals surface area contributed by atoms with Crippen LogP contribution in [0.4, 0.5) is 0 Å². The van der Waals surface area contributed by atoms with Gasteiger partial charge in [0.25, 0.3) is 0 Å². The third kappa shape index (κ3) is 4.97. The average molecular weight is 293 g/mol. The molecular weight excluding hydrogens is 274 g/mol. The zero-order chi connectivity index (χ0) is 15.0. The first-order valence-corrected chi connectivity index (χ1v) is 6.85. The Morgan fingerprint density at radius 1 is 1.25 bits per heavy atom. The van der Waals surface area contributed by atoms with Gasteiger partial charge in [-0.25, -0.2) is 0 Å². The molecule has 0 saturated carbocycles. The molecule has 1 aromatic rings. The third-order valence-electron chi connectivity index (χ3n) is 2.70. The highest BCUT2D eigenvalue weighted by atomic mass is 32.1. The monoisotopic (exact) mass is 293 g/mol. The molecule has 108 valence electrons. The number of nitrogens with one attached hydrogen (secondary N) is 2. The molecule has 1 atom stereocenters. The van der Waals surface area contributed by atoms with Gasteiger partial charge in [-0.3, -0.25) is 9.59 Å². The molecule has 0 aliphatic carbocycles. The Balaban J connectivity index is 2.58. The normalized spacial score (nSPS) is 11.4. The summed E-state index contributed by atoms with van der Waals surface area (Å²) in [6.45, 7) is 2.68. The molecule has 0 radical (unpaired) electrons. The molecule has 1 aromatic carbocycles. The fourth-order valence-corrected chi connectivity index (χ4v) is 2.02. The number of carbonyl (C=O) groups is 2. The van der Waals surface area contributed by atoms with Crippen molar-refractivity contribution in [3.8, 4) is 0 Å². The first-order valence-electron chi connectivity index (χ1n) is 6.45. The summed E-state index contributed by atoms with van der Waals surface area (Å²) < 4.78 is 0. The van der Waals surface area contributed by atoms with Crippen LogP contribution in [0.3, 0.4) is 0 Å². The number of benzene rings is 1. The average Bonchev–Trinajstić information content (AvgIpc) is 2.40. The van der Waals surface area contributed by atoms with Gasteiger partial charge in [0.1, 0.15) is 5.92 Å². The fourth-order valence-electron chi connectivity index (χ4n) is 1.78. The minimum atomic E-state index is -0.666. The molecule has 6 heteroatoms. The van der Waals surface area contributed by atoms with E-state index in [4.69, 9.17) is 18.0 Å². The maximum absolute atomic E-state index is 12.1. The van der Waals surface area contributed by atoms with Gasteiger partial charge >= 0.3 is 0 Å². The number of hydrogen-bond acceptors (Lipinski definition) is 3. The zero-order valence-corrected chi connectivity index (χ0v) is 12.2. The van der Waals surface area contributed by atoms with E-state index in [1.807, 2.05) is 25.1 Å². The Morgan fingerprint density at radius 2 is 1.90 bits per heavy atom. The number of amides is 2. The van der Waals surface area contributed by atoms with Crippen molar-refractivity contribution in [1.82, 2.24) is 10.6 Å². The number of nitrogens with two attached hydrogens (primary N) is 1. The minimum Gasteiger partial charge on any atom is -0.392 e. The van der Waals surface area contributed by atoms with Gasteiger partial charge < -0.3 is 16.4 Å². The first-order chi connectivity index (χ1) is 9.56. The van der Waals surface area contributed by atoms with Crippen LogP contribution in [-0.2, 0) is 9.59 Å². The van der Waals surface area contributed by atoms with Crippen molar-refractivity contribution in [3.05, 3.63) is 35.9 Å². The highest BCUT2D eigenvalue weighted by Crippen LogP contribution is 2.16. The van der Waals surface area contributed by atoms with Gasteiger partial charge in [0.2, 0.25) is 11.8 Å². The number of hydrogen-bond donors (Lipinski definition) is 3. The van der Waals surface area contributed by atoms with Crippen molar-refractivity contribution in [2.45, 2.75) is 19.3 Å². The fraction of sp³-hybridized carbons (Fsp3) is 0.357. The standard InChI is InChI=1S/C14H19N3O2S/c1-2-16-11(18)8-9-17-14(19)12(13(15)20)10-6-4-3-5-7-10/h3-7,12H,2,8-9H2,1H3,(H2,15,20)(H,16,18)(H,17,19). The summed E-state index contributed by atoms with van der Waals surface area (Å²) >= 11 is 4.96. The molecule has 0 heterocycles. The molecule has 1 rings (SSSR count). The summed E-state index contributed by atoms with van der Waals surface area (Å²) in [5, 5.41) is 5.35. The second-order valence-corrected chi connectivity index (χ2v) is 4.71. The number of rotatable bonds is 7. The van der Waals surface area contributed by atoms with Gasteiger partial charge in [-0.1, -0.05) is 42.5 Å². The van der Waals surface area contributed by atoms with Gasteiger partial charge in [0, 0.05) is 19.5 Å². The van der Waals surface area contributed by atoms with E-state index in [9.17, 15) is 9.59 Å². The molecule has 1 unspecified atom stereocenters. The first kappa shape index (κ1) is 16.1. The van der Waals surface area contributed by atoms with Crippen LogP contribution in [0.5, 0.6) is 0 Å². The van der Waals surface area contributed by atoms with Crippen LogP contribution in [0.15, 0.2) is 30.3 Å². The van der Waals surface area contributed by atoms with E-state index in [1.165, 1.54) is 0 Å². The van der Waals surface area contributed by atoms with Crippen LogP contribution in [-0.4, -0.2) is 29.9 Å². The topological polar surface area (TPSA) is 84.2 Å². The van der Waals surface area contributed by atoms with E-state index in [-0.39, 0.29) is 29.8 Å². The lowest BCUT2D eigenvalue weighted by Crippen LogP contribution is -2.38. The van der Waals surface area contributed by atoms with Gasteiger partial charge in [-0.15, -0.1) is 0 Å². The molecule has 2 amide bonds. The Hall–Kier alpha value is -1.95. The second kappa shape index (κ2) is 8.27. The van der Waals surface area contributed by atoms with Crippen LogP contribution >= 0.6 is 12.2 Å².